The molecule has 29 heavy (non-hydrogen) atoms. The zero-order chi connectivity index (χ0) is 19.8. The molecule has 0 saturated carbocycles. The molecule has 2 aliphatic rings. The lowest BCUT2D eigenvalue weighted by molar-refractivity contribution is -0.118. The second-order valence-corrected chi connectivity index (χ2v) is 7.49. The van der Waals surface area contributed by atoms with Crippen LogP contribution in [0.5, 0.6) is 5.75 Å². The molecule has 6 heteroatoms. The van der Waals surface area contributed by atoms with Gasteiger partial charge in [-0.2, -0.15) is 5.10 Å². The first-order chi connectivity index (χ1) is 14.2. The van der Waals surface area contributed by atoms with Crippen molar-refractivity contribution in [3.05, 3.63) is 88.9 Å². The van der Waals surface area contributed by atoms with E-state index in [-0.39, 0.29) is 18.4 Å². The van der Waals surface area contributed by atoms with Crippen molar-refractivity contribution >= 4 is 34.6 Å². The Hall–Kier alpha value is -3.31. The lowest BCUT2D eigenvalue weighted by Gasteiger charge is -2.19. The molecule has 0 saturated heterocycles. The Morgan fingerprint density at radius 2 is 1.83 bits per heavy atom. The first-order valence-corrected chi connectivity index (χ1v) is 9.79. The Kier molecular flexibility index (Phi) is 4.45. The fourth-order valence-electron chi connectivity index (χ4n) is 3.73. The molecule has 1 N–H and O–H groups in total. The Balaban J connectivity index is 1.56. The summed E-state index contributed by atoms with van der Waals surface area (Å²) in [7, 11) is 0. The number of carbonyl (C=O) groups excluding carboxylic acids is 1. The first kappa shape index (κ1) is 17.8. The fourth-order valence-corrected chi connectivity index (χ4v) is 3.85. The SMILES string of the molecule is O=C1COc2ccc(C3=NN(c4ccc(Cl)cc4)CC3c3ccccc3)cc2N1. The monoisotopic (exact) mass is 403 g/mol. The summed E-state index contributed by atoms with van der Waals surface area (Å²) in [5.74, 6) is 0.633. The van der Waals surface area contributed by atoms with Gasteiger partial charge in [0.05, 0.1) is 23.6 Å². The molecule has 2 aliphatic heterocycles. The average Bonchev–Trinajstić information content (AvgIpc) is 3.20. The van der Waals surface area contributed by atoms with E-state index < -0.39 is 0 Å². The number of amides is 1. The van der Waals surface area contributed by atoms with Crippen LogP contribution in [0.4, 0.5) is 11.4 Å². The number of nitrogens with one attached hydrogen (secondary N) is 1. The van der Waals surface area contributed by atoms with E-state index in [0.29, 0.717) is 16.5 Å². The number of ether oxygens (including phenoxy) is 1. The van der Waals surface area contributed by atoms with Gasteiger partial charge in [-0.15, -0.1) is 0 Å². The van der Waals surface area contributed by atoms with Crippen LogP contribution in [0, 0.1) is 0 Å². The van der Waals surface area contributed by atoms with E-state index in [9.17, 15) is 4.79 Å². The van der Waals surface area contributed by atoms with E-state index in [1.165, 1.54) is 5.56 Å². The van der Waals surface area contributed by atoms with Crippen LogP contribution < -0.4 is 15.1 Å². The van der Waals surface area contributed by atoms with Gasteiger partial charge in [0.2, 0.25) is 0 Å². The van der Waals surface area contributed by atoms with E-state index in [1.807, 2.05) is 65.7 Å². The van der Waals surface area contributed by atoms with E-state index in [1.54, 1.807) is 0 Å². The highest BCUT2D eigenvalue weighted by molar-refractivity contribution is 6.30. The van der Waals surface area contributed by atoms with Gasteiger partial charge in [-0.1, -0.05) is 41.9 Å². The van der Waals surface area contributed by atoms with Crippen LogP contribution >= 0.6 is 11.6 Å². The number of carbonyl (C=O) groups is 1. The van der Waals surface area contributed by atoms with Crippen LogP contribution in [0.1, 0.15) is 17.0 Å². The summed E-state index contributed by atoms with van der Waals surface area (Å²) in [4.78, 5) is 11.7. The Morgan fingerprint density at radius 3 is 2.62 bits per heavy atom. The highest BCUT2D eigenvalue weighted by Crippen LogP contribution is 2.35. The predicted octanol–water partition coefficient (Wildman–Crippen LogP) is 4.68. The van der Waals surface area contributed by atoms with E-state index in [0.717, 1.165) is 23.5 Å². The maximum absolute atomic E-state index is 11.7. The molecule has 1 unspecified atom stereocenters. The van der Waals surface area contributed by atoms with Gasteiger partial charge >= 0.3 is 0 Å². The number of hydrogen-bond donors (Lipinski definition) is 1. The average molecular weight is 404 g/mol. The topological polar surface area (TPSA) is 53.9 Å². The minimum atomic E-state index is -0.148. The largest absolute Gasteiger partial charge is 0.482 e. The van der Waals surface area contributed by atoms with Crippen molar-refractivity contribution < 1.29 is 9.53 Å². The van der Waals surface area contributed by atoms with Crippen LogP contribution in [-0.2, 0) is 4.79 Å². The highest BCUT2D eigenvalue weighted by Gasteiger charge is 2.30. The zero-order valence-electron chi connectivity index (χ0n) is 15.5. The molecule has 0 aromatic heterocycles. The summed E-state index contributed by atoms with van der Waals surface area (Å²) in [6, 6.07) is 23.8. The molecular formula is C23H18ClN3O2. The Bertz CT molecular complexity index is 1100. The number of benzene rings is 3. The molecule has 5 nitrogen and oxygen atoms in total. The normalized spacial score (nSPS) is 18.0. The van der Waals surface area contributed by atoms with Crippen molar-refractivity contribution in [2.45, 2.75) is 5.92 Å². The Morgan fingerprint density at radius 1 is 1.03 bits per heavy atom. The third-order valence-corrected chi connectivity index (χ3v) is 5.40. The quantitative estimate of drug-likeness (QED) is 0.690. The van der Waals surface area contributed by atoms with E-state index >= 15 is 0 Å². The number of nitrogens with zero attached hydrogens (tertiary/aromatic N) is 2. The molecule has 0 bridgehead atoms. The summed E-state index contributed by atoms with van der Waals surface area (Å²) in [5, 5.41) is 10.5. The van der Waals surface area contributed by atoms with Gasteiger partial charge in [-0.05, 0) is 48.0 Å². The van der Waals surface area contributed by atoms with Gasteiger partial charge in [-0.3, -0.25) is 9.80 Å². The maximum Gasteiger partial charge on any atom is 0.262 e. The Labute approximate surface area is 173 Å². The molecule has 5 rings (SSSR count). The van der Waals surface area contributed by atoms with Crippen molar-refractivity contribution in [1.29, 1.82) is 0 Å². The molecule has 1 amide bonds. The van der Waals surface area contributed by atoms with Crippen molar-refractivity contribution in [3.63, 3.8) is 0 Å². The second-order valence-electron chi connectivity index (χ2n) is 7.05. The smallest absolute Gasteiger partial charge is 0.262 e. The van der Waals surface area contributed by atoms with Crippen LogP contribution in [0.25, 0.3) is 0 Å². The minimum Gasteiger partial charge on any atom is -0.482 e. The molecule has 3 aromatic carbocycles. The number of hydrazone groups is 1. The van der Waals surface area contributed by atoms with Crippen molar-refractivity contribution in [3.8, 4) is 5.75 Å². The molecule has 1 atom stereocenters. The number of halogens is 1. The number of fused-ring (bicyclic) bond motifs is 1. The third kappa shape index (κ3) is 3.45. The highest BCUT2D eigenvalue weighted by atomic mass is 35.5. The summed E-state index contributed by atoms with van der Waals surface area (Å²) in [5.41, 5.74) is 4.77. The lowest BCUT2D eigenvalue weighted by Crippen LogP contribution is -2.25. The van der Waals surface area contributed by atoms with Crippen molar-refractivity contribution in [1.82, 2.24) is 0 Å². The molecular weight excluding hydrogens is 386 g/mol. The molecule has 0 aliphatic carbocycles. The molecule has 144 valence electrons. The van der Waals surface area contributed by atoms with Crippen molar-refractivity contribution in [2.75, 3.05) is 23.5 Å². The van der Waals surface area contributed by atoms with E-state index in [4.69, 9.17) is 21.4 Å². The number of anilines is 2. The molecule has 0 spiro atoms. The van der Waals surface area contributed by atoms with Gasteiger partial charge in [-0.25, -0.2) is 0 Å². The molecule has 0 radical (unpaired) electrons. The van der Waals surface area contributed by atoms with Gasteiger partial charge in [0.1, 0.15) is 5.75 Å². The maximum atomic E-state index is 11.7. The fraction of sp³-hybridized carbons (Fsp3) is 0.130. The summed E-state index contributed by atoms with van der Waals surface area (Å²) in [6.45, 7) is 0.769. The molecule has 0 fully saturated rings. The summed E-state index contributed by atoms with van der Waals surface area (Å²) >= 11 is 6.05. The van der Waals surface area contributed by atoms with Gasteiger partial charge in [0.25, 0.3) is 5.91 Å². The van der Waals surface area contributed by atoms with Crippen LogP contribution in [0.15, 0.2) is 77.9 Å². The number of hydrogen-bond acceptors (Lipinski definition) is 4. The molecule has 3 aromatic rings. The second kappa shape index (κ2) is 7.26. The van der Waals surface area contributed by atoms with Crippen molar-refractivity contribution in [2.24, 2.45) is 5.10 Å². The number of rotatable bonds is 3. The predicted molar refractivity (Wildman–Crippen MR) is 115 cm³/mol. The van der Waals surface area contributed by atoms with Crippen LogP contribution in [0.3, 0.4) is 0 Å². The molecule has 2 heterocycles. The lowest BCUT2D eigenvalue weighted by atomic mass is 9.90. The zero-order valence-corrected chi connectivity index (χ0v) is 16.3. The third-order valence-electron chi connectivity index (χ3n) is 5.15. The van der Waals surface area contributed by atoms with Gasteiger partial charge in [0.15, 0.2) is 6.61 Å². The van der Waals surface area contributed by atoms with Crippen LogP contribution in [0.2, 0.25) is 5.02 Å². The minimum absolute atomic E-state index is 0.0459. The van der Waals surface area contributed by atoms with Gasteiger partial charge in [0, 0.05) is 16.5 Å². The van der Waals surface area contributed by atoms with E-state index in [2.05, 4.69) is 17.4 Å². The summed E-state index contributed by atoms with van der Waals surface area (Å²) in [6.07, 6.45) is 0. The first-order valence-electron chi connectivity index (χ1n) is 9.41. The standard InChI is InChI=1S/C23H18ClN3O2/c24-17-7-9-18(10-8-17)27-13-19(15-4-2-1-3-5-15)23(26-27)16-6-11-21-20(12-16)25-22(28)14-29-21/h1-12,19H,13-14H2,(H,25,28). The summed E-state index contributed by atoms with van der Waals surface area (Å²) < 4.78 is 5.49. The van der Waals surface area contributed by atoms with Crippen LogP contribution in [-0.4, -0.2) is 24.8 Å². The van der Waals surface area contributed by atoms with Gasteiger partial charge < -0.3 is 10.1 Å².